The lowest BCUT2D eigenvalue weighted by atomic mass is 9.96. The van der Waals surface area contributed by atoms with Gasteiger partial charge in [0, 0.05) is 30.3 Å². The molecule has 0 amide bonds. The highest BCUT2D eigenvalue weighted by Gasteiger charge is 2.26. The summed E-state index contributed by atoms with van der Waals surface area (Å²) in [6.07, 6.45) is 3.73. The molecule has 4 aromatic rings. The standard InChI is InChI=1S/C24H28N6O/c1-14-5-6-18(12-20(14)31-4)21-16(3)28-22(29-21)17-7-9-30(10-8-17)24-19-11-15(2)27-23(19)25-13-26-24/h5-6,11-13,17H,7-10H2,1-4H3,(H,28,29)(H,25,26,27). The average molecular weight is 417 g/mol. The minimum absolute atomic E-state index is 0.418. The number of piperidine rings is 1. The van der Waals surface area contributed by atoms with Crippen LogP contribution in [-0.2, 0) is 0 Å². The molecule has 7 heteroatoms. The Morgan fingerprint density at radius 2 is 1.84 bits per heavy atom. The Morgan fingerprint density at radius 3 is 2.61 bits per heavy atom. The van der Waals surface area contributed by atoms with Crippen molar-refractivity contribution in [3.63, 3.8) is 0 Å². The molecular weight excluding hydrogens is 388 g/mol. The quantitative estimate of drug-likeness (QED) is 0.505. The van der Waals surface area contributed by atoms with E-state index in [1.165, 1.54) is 0 Å². The smallest absolute Gasteiger partial charge is 0.143 e. The predicted molar refractivity (Wildman–Crippen MR) is 123 cm³/mol. The van der Waals surface area contributed by atoms with Crippen LogP contribution in [0.25, 0.3) is 22.3 Å². The number of fused-ring (bicyclic) bond motifs is 1. The van der Waals surface area contributed by atoms with Crippen LogP contribution in [0.4, 0.5) is 5.82 Å². The van der Waals surface area contributed by atoms with Crippen LogP contribution in [0.2, 0.25) is 0 Å². The molecule has 5 rings (SSSR count). The van der Waals surface area contributed by atoms with E-state index >= 15 is 0 Å². The second-order valence-corrected chi connectivity index (χ2v) is 8.44. The first-order valence-corrected chi connectivity index (χ1v) is 10.8. The molecule has 1 aliphatic heterocycles. The number of anilines is 1. The number of rotatable bonds is 4. The van der Waals surface area contributed by atoms with Crippen LogP contribution in [0.5, 0.6) is 5.75 Å². The third-order valence-corrected chi connectivity index (χ3v) is 6.32. The van der Waals surface area contributed by atoms with E-state index in [-0.39, 0.29) is 0 Å². The second kappa shape index (κ2) is 7.72. The molecule has 31 heavy (non-hydrogen) atoms. The Bertz CT molecular complexity index is 1230. The molecule has 0 aliphatic carbocycles. The summed E-state index contributed by atoms with van der Waals surface area (Å²) in [5, 5.41) is 1.10. The van der Waals surface area contributed by atoms with Crippen LogP contribution >= 0.6 is 0 Å². The van der Waals surface area contributed by atoms with E-state index < -0.39 is 0 Å². The number of H-pyrrole nitrogens is 2. The number of aromatic amines is 2. The summed E-state index contributed by atoms with van der Waals surface area (Å²) in [6.45, 7) is 8.09. The van der Waals surface area contributed by atoms with Crippen molar-refractivity contribution in [2.24, 2.45) is 0 Å². The van der Waals surface area contributed by atoms with Crippen molar-refractivity contribution in [3.05, 3.63) is 53.4 Å². The number of nitrogens with one attached hydrogen (secondary N) is 2. The summed E-state index contributed by atoms with van der Waals surface area (Å²) in [5.74, 6) is 3.42. The van der Waals surface area contributed by atoms with Crippen molar-refractivity contribution in [1.82, 2.24) is 24.9 Å². The Morgan fingerprint density at radius 1 is 1.03 bits per heavy atom. The lowest BCUT2D eigenvalue weighted by molar-refractivity contribution is 0.412. The summed E-state index contributed by atoms with van der Waals surface area (Å²) in [5.41, 5.74) is 6.37. The molecule has 2 N–H and O–H groups in total. The molecule has 0 atom stereocenters. The van der Waals surface area contributed by atoms with E-state index in [9.17, 15) is 0 Å². The van der Waals surface area contributed by atoms with E-state index in [1.807, 2.05) is 0 Å². The maximum absolute atomic E-state index is 5.50. The Kier molecular flexibility index (Phi) is 4.88. The number of imidazole rings is 1. The highest BCUT2D eigenvalue weighted by Crippen LogP contribution is 2.34. The highest BCUT2D eigenvalue weighted by molar-refractivity contribution is 5.88. The maximum atomic E-state index is 5.50. The highest BCUT2D eigenvalue weighted by atomic mass is 16.5. The number of nitrogens with zero attached hydrogens (tertiary/aromatic N) is 4. The third-order valence-electron chi connectivity index (χ3n) is 6.32. The Hall–Kier alpha value is -3.35. The summed E-state index contributed by atoms with van der Waals surface area (Å²) in [7, 11) is 1.71. The fraction of sp³-hybridized carbons (Fsp3) is 0.375. The lowest BCUT2D eigenvalue weighted by Crippen LogP contribution is -2.33. The minimum Gasteiger partial charge on any atom is -0.496 e. The number of aryl methyl sites for hydroxylation is 3. The second-order valence-electron chi connectivity index (χ2n) is 8.44. The first-order valence-electron chi connectivity index (χ1n) is 10.8. The van der Waals surface area contributed by atoms with Crippen LogP contribution in [-0.4, -0.2) is 45.1 Å². The zero-order chi connectivity index (χ0) is 21.5. The van der Waals surface area contributed by atoms with Gasteiger partial charge in [0.25, 0.3) is 0 Å². The molecule has 7 nitrogen and oxygen atoms in total. The summed E-state index contributed by atoms with van der Waals surface area (Å²) in [6, 6.07) is 8.44. The molecule has 1 saturated heterocycles. The topological polar surface area (TPSA) is 82.7 Å². The van der Waals surface area contributed by atoms with E-state index in [0.717, 1.165) is 82.6 Å². The molecule has 1 aromatic carbocycles. The SMILES string of the molecule is COc1cc(-c2[nH]c(C3CCN(c4ncnc5[nH]c(C)cc45)CC3)nc2C)ccc1C. The number of hydrogen-bond acceptors (Lipinski definition) is 5. The summed E-state index contributed by atoms with van der Waals surface area (Å²) < 4.78 is 5.50. The van der Waals surface area contributed by atoms with Gasteiger partial charge in [-0.2, -0.15) is 0 Å². The van der Waals surface area contributed by atoms with E-state index in [0.29, 0.717) is 5.92 Å². The van der Waals surface area contributed by atoms with Crippen LogP contribution < -0.4 is 9.64 Å². The van der Waals surface area contributed by atoms with Crippen molar-refractivity contribution in [1.29, 1.82) is 0 Å². The van der Waals surface area contributed by atoms with E-state index in [2.05, 4.69) is 69.9 Å². The van der Waals surface area contributed by atoms with Gasteiger partial charge in [0.05, 0.1) is 23.9 Å². The van der Waals surface area contributed by atoms with Gasteiger partial charge in [-0.25, -0.2) is 15.0 Å². The Labute approximate surface area is 181 Å². The third kappa shape index (κ3) is 3.54. The number of benzene rings is 1. The van der Waals surface area contributed by atoms with Gasteiger partial charge in [0.2, 0.25) is 0 Å². The Balaban J connectivity index is 1.35. The van der Waals surface area contributed by atoms with E-state index in [1.54, 1.807) is 13.4 Å². The van der Waals surface area contributed by atoms with Crippen molar-refractivity contribution in [2.75, 3.05) is 25.1 Å². The van der Waals surface area contributed by atoms with Gasteiger partial charge < -0.3 is 19.6 Å². The number of hydrogen-bond donors (Lipinski definition) is 2. The van der Waals surface area contributed by atoms with Crippen LogP contribution in [0.15, 0.2) is 30.6 Å². The molecule has 0 bridgehead atoms. The number of methoxy groups -OCH3 is 1. The number of ether oxygens (including phenoxy) is 1. The summed E-state index contributed by atoms with van der Waals surface area (Å²) >= 11 is 0. The van der Waals surface area contributed by atoms with Gasteiger partial charge in [0.1, 0.15) is 29.4 Å². The molecule has 0 saturated carbocycles. The van der Waals surface area contributed by atoms with Gasteiger partial charge >= 0.3 is 0 Å². The maximum Gasteiger partial charge on any atom is 0.143 e. The normalized spacial score (nSPS) is 15.0. The predicted octanol–water partition coefficient (Wildman–Crippen LogP) is 4.67. The zero-order valence-corrected chi connectivity index (χ0v) is 18.5. The van der Waals surface area contributed by atoms with Crippen LogP contribution in [0.3, 0.4) is 0 Å². The van der Waals surface area contributed by atoms with Gasteiger partial charge in [0.15, 0.2) is 0 Å². The zero-order valence-electron chi connectivity index (χ0n) is 18.5. The van der Waals surface area contributed by atoms with E-state index in [4.69, 9.17) is 9.72 Å². The molecular formula is C24H28N6O. The average Bonchev–Trinajstić information content (AvgIpc) is 3.36. The molecule has 0 unspecified atom stereocenters. The molecule has 160 valence electrons. The molecule has 4 heterocycles. The van der Waals surface area contributed by atoms with Crippen LogP contribution in [0, 0.1) is 20.8 Å². The van der Waals surface area contributed by atoms with Crippen LogP contribution in [0.1, 0.15) is 41.5 Å². The summed E-state index contributed by atoms with van der Waals surface area (Å²) in [4.78, 5) is 23.1. The number of aromatic nitrogens is 5. The van der Waals surface area contributed by atoms with Crippen molar-refractivity contribution >= 4 is 16.9 Å². The van der Waals surface area contributed by atoms with Gasteiger partial charge in [-0.15, -0.1) is 0 Å². The van der Waals surface area contributed by atoms with Gasteiger partial charge in [-0.1, -0.05) is 12.1 Å². The largest absolute Gasteiger partial charge is 0.496 e. The van der Waals surface area contributed by atoms with Gasteiger partial charge in [-0.3, -0.25) is 0 Å². The first-order chi connectivity index (χ1) is 15.0. The molecule has 1 fully saturated rings. The van der Waals surface area contributed by atoms with Gasteiger partial charge in [-0.05, 0) is 51.3 Å². The van der Waals surface area contributed by atoms with Crippen molar-refractivity contribution in [2.45, 2.75) is 39.5 Å². The first kappa shape index (κ1) is 19.6. The minimum atomic E-state index is 0.418. The van der Waals surface area contributed by atoms with Crippen molar-refractivity contribution in [3.8, 4) is 17.0 Å². The molecule has 0 spiro atoms. The fourth-order valence-corrected chi connectivity index (χ4v) is 4.61. The molecule has 0 radical (unpaired) electrons. The lowest BCUT2D eigenvalue weighted by Gasteiger charge is -2.32. The molecule has 1 aliphatic rings. The monoisotopic (exact) mass is 416 g/mol. The fourth-order valence-electron chi connectivity index (χ4n) is 4.61. The van der Waals surface area contributed by atoms with Crippen molar-refractivity contribution < 1.29 is 4.74 Å². The molecule has 3 aromatic heterocycles.